The topological polar surface area (TPSA) is 81.3 Å². The second-order valence-electron chi connectivity index (χ2n) is 4.98. The highest BCUT2D eigenvalue weighted by Gasteiger charge is 2.29. The molecule has 0 radical (unpaired) electrons. The molecule has 0 saturated carbocycles. The van der Waals surface area contributed by atoms with Crippen molar-refractivity contribution in [2.45, 2.75) is 19.4 Å². The van der Waals surface area contributed by atoms with E-state index in [1.54, 1.807) is 11.8 Å². The summed E-state index contributed by atoms with van der Waals surface area (Å²) in [4.78, 5) is 24.5. The van der Waals surface area contributed by atoms with Crippen LogP contribution in [0.2, 0.25) is 0 Å². The first-order valence-electron chi connectivity index (χ1n) is 6.66. The quantitative estimate of drug-likeness (QED) is 0.638. The summed E-state index contributed by atoms with van der Waals surface area (Å²) in [5.74, 6) is -0.113. The van der Waals surface area contributed by atoms with Crippen LogP contribution in [0.4, 0.5) is 11.4 Å². The van der Waals surface area contributed by atoms with Crippen LogP contribution in [0.3, 0.4) is 0 Å². The van der Waals surface area contributed by atoms with Crippen molar-refractivity contribution in [3.8, 4) is 0 Å². The van der Waals surface area contributed by atoms with Crippen LogP contribution >= 0.6 is 0 Å². The Hall–Kier alpha value is -2.70. The zero-order valence-corrected chi connectivity index (χ0v) is 11.5. The van der Waals surface area contributed by atoms with Crippen molar-refractivity contribution in [3.63, 3.8) is 0 Å². The van der Waals surface area contributed by atoms with Crippen molar-refractivity contribution in [3.05, 3.63) is 52.3 Å². The molecular weight excluding hydrogens is 272 g/mol. The highest BCUT2D eigenvalue weighted by Crippen LogP contribution is 2.29. The molecule has 0 N–H and O–H groups in total. The van der Waals surface area contributed by atoms with Gasteiger partial charge in [0.2, 0.25) is 0 Å². The lowest BCUT2D eigenvalue weighted by Crippen LogP contribution is -2.35. The van der Waals surface area contributed by atoms with E-state index in [1.807, 2.05) is 24.3 Å². The minimum absolute atomic E-state index is 0.113. The van der Waals surface area contributed by atoms with Gasteiger partial charge in [-0.05, 0) is 25.0 Å². The maximum Gasteiger partial charge on any atom is 0.307 e. The average molecular weight is 286 g/mol. The predicted octanol–water partition coefficient (Wildman–Crippen LogP) is 1.94. The number of nitro groups is 1. The molecule has 0 spiro atoms. The van der Waals surface area contributed by atoms with E-state index in [-0.39, 0.29) is 11.6 Å². The van der Waals surface area contributed by atoms with Crippen molar-refractivity contribution in [1.82, 2.24) is 9.78 Å². The van der Waals surface area contributed by atoms with Crippen LogP contribution in [0.15, 0.2) is 36.7 Å². The molecule has 1 aromatic carbocycles. The molecular formula is C14H14N4O3. The molecule has 2 heterocycles. The van der Waals surface area contributed by atoms with Crippen molar-refractivity contribution in [1.29, 1.82) is 0 Å². The summed E-state index contributed by atoms with van der Waals surface area (Å²) in [6.45, 7) is 2.33. The SMILES string of the molecule is C[C@H](C(=O)N1CCc2ccccc21)n1cc([N+](=O)[O-])cn1. The molecule has 7 heteroatoms. The third kappa shape index (κ3) is 2.26. The minimum atomic E-state index is -0.579. The van der Waals surface area contributed by atoms with Gasteiger partial charge in [0.05, 0.1) is 4.92 Å². The number of rotatable bonds is 3. The lowest BCUT2D eigenvalue weighted by Gasteiger charge is -2.21. The molecule has 1 amide bonds. The van der Waals surface area contributed by atoms with E-state index in [4.69, 9.17) is 0 Å². The predicted molar refractivity (Wildman–Crippen MR) is 76.1 cm³/mol. The normalized spacial score (nSPS) is 14.8. The van der Waals surface area contributed by atoms with Gasteiger partial charge in [-0.25, -0.2) is 0 Å². The van der Waals surface area contributed by atoms with E-state index in [0.717, 1.165) is 23.9 Å². The number of carbonyl (C=O) groups excluding carboxylic acids is 1. The summed E-state index contributed by atoms with van der Waals surface area (Å²) in [6.07, 6.45) is 3.26. The Kier molecular flexibility index (Phi) is 3.17. The molecule has 1 aliphatic rings. The Morgan fingerprint density at radius 3 is 2.90 bits per heavy atom. The molecule has 0 bridgehead atoms. The average Bonchev–Trinajstić information content (AvgIpc) is 3.12. The van der Waals surface area contributed by atoms with Crippen LogP contribution in [0.5, 0.6) is 0 Å². The van der Waals surface area contributed by atoms with E-state index in [9.17, 15) is 14.9 Å². The van der Waals surface area contributed by atoms with E-state index >= 15 is 0 Å². The van der Waals surface area contributed by atoms with Gasteiger partial charge in [0.15, 0.2) is 0 Å². The van der Waals surface area contributed by atoms with Crippen LogP contribution in [0.25, 0.3) is 0 Å². The number of nitrogens with zero attached hydrogens (tertiary/aromatic N) is 4. The number of aromatic nitrogens is 2. The first-order valence-corrected chi connectivity index (χ1v) is 6.66. The van der Waals surface area contributed by atoms with Gasteiger partial charge in [0.1, 0.15) is 18.4 Å². The largest absolute Gasteiger partial charge is 0.310 e. The van der Waals surface area contributed by atoms with Crippen molar-refractivity contribution < 1.29 is 9.72 Å². The van der Waals surface area contributed by atoms with E-state index in [0.29, 0.717) is 6.54 Å². The Labute approximate surface area is 120 Å². The second kappa shape index (κ2) is 5.01. The maximum absolute atomic E-state index is 12.6. The molecule has 1 aliphatic heterocycles. The third-order valence-corrected chi connectivity index (χ3v) is 3.71. The highest BCUT2D eigenvalue weighted by molar-refractivity contribution is 5.97. The number of hydrogen-bond acceptors (Lipinski definition) is 4. The molecule has 0 aliphatic carbocycles. The van der Waals surface area contributed by atoms with E-state index in [1.165, 1.54) is 10.9 Å². The molecule has 1 aromatic heterocycles. The van der Waals surface area contributed by atoms with Crippen molar-refractivity contribution >= 4 is 17.3 Å². The Morgan fingerprint density at radius 2 is 2.19 bits per heavy atom. The second-order valence-corrected chi connectivity index (χ2v) is 4.98. The highest BCUT2D eigenvalue weighted by atomic mass is 16.6. The zero-order valence-electron chi connectivity index (χ0n) is 11.5. The van der Waals surface area contributed by atoms with Crippen LogP contribution < -0.4 is 4.90 Å². The monoisotopic (exact) mass is 286 g/mol. The number of carbonyl (C=O) groups is 1. The number of amides is 1. The van der Waals surface area contributed by atoms with Crippen molar-refractivity contribution in [2.75, 3.05) is 11.4 Å². The summed E-state index contributed by atoms with van der Waals surface area (Å²) in [5, 5.41) is 14.6. The number of benzene rings is 1. The maximum atomic E-state index is 12.6. The smallest absolute Gasteiger partial charge is 0.307 e. The van der Waals surface area contributed by atoms with E-state index < -0.39 is 11.0 Å². The first kappa shape index (κ1) is 13.3. The molecule has 1 atom stereocenters. The Balaban J connectivity index is 1.83. The van der Waals surface area contributed by atoms with Crippen LogP contribution in [0, 0.1) is 10.1 Å². The molecule has 21 heavy (non-hydrogen) atoms. The van der Waals surface area contributed by atoms with Gasteiger partial charge in [0, 0.05) is 12.2 Å². The standard InChI is InChI=1S/C14H14N4O3/c1-10(17-9-12(8-15-17)18(20)21)14(19)16-7-6-11-4-2-3-5-13(11)16/h2-5,8-10H,6-7H2,1H3/t10-/m1/s1. The summed E-state index contributed by atoms with van der Waals surface area (Å²) in [6, 6.07) is 7.19. The summed E-state index contributed by atoms with van der Waals surface area (Å²) in [5.41, 5.74) is 1.94. The molecule has 7 nitrogen and oxygen atoms in total. The summed E-state index contributed by atoms with van der Waals surface area (Å²) in [7, 11) is 0. The van der Waals surface area contributed by atoms with Gasteiger partial charge in [0.25, 0.3) is 5.91 Å². The van der Waals surface area contributed by atoms with Crippen molar-refractivity contribution in [2.24, 2.45) is 0 Å². The Bertz CT molecular complexity index is 710. The van der Waals surface area contributed by atoms with Gasteiger partial charge in [-0.15, -0.1) is 0 Å². The first-order chi connectivity index (χ1) is 10.1. The number of fused-ring (bicyclic) bond motifs is 1. The van der Waals surface area contributed by atoms with Gasteiger partial charge in [-0.1, -0.05) is 18.2 Å². The summed E-state index contributed by atoms with van der Waals surface area (Å²) >= 11 is 0. The Morgan fingerprint density at radius 1 is 1.43 bits per heavy atom. The number of hydrogen-bond donors (Lipinski definition) is 0. The number of anilines is 1. The molecule has 0 saturated heterocycles. The van der Waals surface area contributed by atoms with Gasteiger partial charge in [-0.2, -0.15) is 5.10 Å². The van der Waals surface area contributed by atoms with E-state index in [2.05, 4.69) is 5.10 Å². The third-order valence-electron chi connectivity index (χ3n) is 3.71. The lowest BCUT2D eigenvalue weighted by atomic mass is 10.2. The van der Waals surface area contributed by atoms with Gasteiger partial charge >= 0.3 is 5.69 Å². The van der Waals surface area contributed by atoms with Crippen LogP contribution in [-0.4, -0.2) is 27.2 Å². The molecule has 108 valence electrons. The lowest BCUT2D eigenvalue weighted by molar-refractivity contribution is -0.385. The van der Waals surface area contributed by atoms with Gasteiger partial charge in [-0.3, -0.25) is 19.6 Å². The fourth-order valence-corrected chi connectivity index (χ4v) is 2.54. The fraction of sp³-hybridized carbons (Fsp3) is 0.286. The number of para-hydroxylation sites is 1. The van der Waals surface area contributed by atoms with Gasteiger partial charge < -0.3 is 4.90 Å². The molecule has 3 rings (SSSR count). The molecule has 2 aromatic rings. The van der Waals surface area contributed by atoms with Crippen LogP contribution in [0.1, 0.15) is 18.5 Å². The van der Waals surface area contributed by atoms with Crippen LogP contribution in [-0.2, 0) is 11.2 Å². The fourth-order valence-electron chi connectivity index (χ4n) is 2.54. The molecule has 0 fully saturated rings. The summed E-state index contributed by atoms with van der Waals surface area (Å²) < 4.78 is 1.33. The minimum Gasteiger partial charge on any atom is -0.310 e. The zero-order chi connectivity index (χ0) is 15.0. The molecule has 0 unspecified atom stereocenters.